The van der Waals surface area contributed by atoms with Gasteiger partial charge in [-0.25, -0.2) is 4.98 Å². The molecule has 0 aliphatic carbocycles. The summed E-state index contributed by atoms with van der Waals surface area (Å²) in [6.07, 6.45) is 7.23. The molecule has 82 valence electrons. The van der Waals surface area contributed by atoms with Crippen molar-refractivity contribution in [3.8, 4) is 0 Å². The van der Waals surface area contributed by atoms with Crippen LogP contribution in [0, 0.1) is 6.92 Å². The fourth-order valence-corrected chi connectivity index (χ4v) is 1.95. The van der Waals surface area contributed by atoms with Crippen molar-refractivity contribution < 1.29 is 0 Å². The molecule has 1 aromatic rings. The second-order valence-corrected chi connectivity index (χ2v) is 4.00. The number of aromatic nitrogens is 2. The van der Waals surface area contributed by atoms with Crippen molar-refractivity contribution >= 4 is 5.82 Å². The summed E-state index contributed by atoms with van der Waals surface area (Å²) in [4.78, 5) is 8.44. The second-order valence-electron chi connectivity index (χ2n) is 4.00. The van der Waals surface area contributed by atoms with Crippen molar-refractivity contribution in [1.82, 2.24) is 15.3 Å². The number of aryl methyl sites for hydroxylation is 1. The number of hydrogen-bond acceptors (Lipinski definition) is 4. The van der Waals surface area contributed by atoms with Crippen LogP contribution < -0.4 is 10.6 Å². The van der Waals surface area contributed by atoms with E-state index in [0.29, 0.717) is 6.04 Å². The Morgan fingerprint density at radius 2 is 2.33 bits per heavy atom. The molecule has 0 aromatic carbocycles. The molecule has 1 aliphatic heterocycles. The van der Waals surface area contributed by atoms with E-state index in [-0.39, 0.29) is 0 Å². The van der Waals surface area contributed by atoms with E-state index in [2.05, 4.69) is 20.6 Å². The van der Waals surface area contributed by atoms with Gasteiger partial charge in [0.15, 0.2) is 0 Å². The van der Waals surface area contributed by atoms with Crippen LogP contribution in [0.25, 0.3) is 0 Å². The Morgan fingerprint density at radius 3 is 3.07 bits per heavy atom. The average Bonchev–Trinajstić information content (AvgIpc) is 2.74. The van der Waals surface area contributed by atoms with E-state index >= 15 is 0 Å². The quantitative estimate of drug-likeness (QED) is 0.780. The molecule has 0 saturated carbocycles. The first-order valence-corrected chi connectivity index (χ1v) is 5.61. The van der Waals surface area contributed by atoms with Gasteiger partial charge in [-0.05, 0) is 32.7 Å². The first-order valence-electron chi connectivity index (χ1n) is 5.61. The second kappa shape index (κ2) is 5.07. The molecule has 0 bridgehead atoms. The number of nitrogens with zero attached hydrogens (tertiary/aromatic N) is 2. The Labute approximate surface area is 90.5 Å². The highest BCUT2D eigenvalue weighted by Crippen LogP contribution is 2.10. The van der Waals surface area contributed by atoms with Gasteiger partial charge in [0.2, 0.25) is 0 Å². The van der Waals surface area contributed by atoms with Gasteiger partial charge in [-0.2, -0.15) is 0 Å². The Balaban J connectivity index is 1.75. The Morgan fingerprint density at radius 1 is 1.47 bits per heavy atom. The molecule has 1 aliphatic rings. The number of rotatable bonds is 4. The van der Waals surface area contributed by atoms with Crippen molar-refractivity contribution in [3.63, 3.8) is 0 Å². The Hall–Kier alpha value is -1.16. The highest BCUT2D eigenvalue weighted by Gasteiger charge is 2.13. The van der Waals surface area contributed by atoms with Crippen molar-refractivity contribution in [2.24, 2.45) is 0 Å². The fourth-order valence-electron chi connectivity index (χ4n) is 1.95. The minimum absolute atomic E-state index is 0.689. The summed E-state index contributed by atoms with van der Waals surface area (Å²) in [5.41, 5.74) is 0.969. The fraction of sp³-hybridized carbons (Fsp3) is 0.636. The van der Waals surface area contributed by atoms with Crippen LogP contribution in [-0.2, 0) is 0 Å². The maximum absolute atomic E-state index is 4.25. The van der Waals surface area contributed by atoms with Crippen LogP contribution in [0.2, 0.25) is 0 Å². The predicted molar refractivity (Wildman–Crippen MR) is 60.9 cm³/mol. The molecule has 4 heteroatoms. The predicted octanol–water partition coefficient (Wildman–Crippen LogP) is 1.34. The lowest BCUT2D eigenvalue weighted by atomic mass is 10.1. The van der Waals surface area contributed by atoms with Crippen LogP contribution in [0.3, 0.4) is 0 Å². The molecule has 0 radical (unpaired) electrons. The molecular weight excluding hydrogens is 188 g/mol. The zero-order valence-electron chi connectivity index (χ0n) is 9.16. The van der Waals surface area contributed by atoms with Crippen molar-refractivity contribution in [1.29, 1.82) is 0 Å². The van der Waals surface area contributed by atoms with E-state index in [9.17, 15) is 0 Å². The number of nitrogens with one attached hydrogen (secondary N) is 2. The topological polar surface area (TPSA) is 49.8 Å². The summed E-state index contributed by atoms with van der Waals surface area (Å²) in [5, 5.41) is 6.81. The first-order chi connectivity index (χ1) is 7.36. The lowest BCUT2D eigenvalue weighted by molar-refractivity contribution is 0.574. The van der Waals surface area contributed by atoms with Crippen molar-refractivity contribution in [2.75, 3.05) is 18.4 Å². The Kier molecular flexibility index (Phi) is 3.50. The maximum atomic E-state index is 4.25. The van der Waals surface area contributed by atoms with E-state index in [0.717, 1.165) is 24.5 Å². The molecular formula is C11H18N4. The maximum Gasteiger partial charge on any atom is 0.147 e. The summed E-state index contributed by atoms with van der Waals surface area (Å²) in [5.74, 6) is 0.912. The molecule has 2 N–H and O–H groups in total. The molecule has 2 heterocycles. The van der Waals surface area contributed by atoms with Gasteiger partial charge in [-0.3, -0.25) is 4.98 Å². The number of hydrogen-bond donors (Lipinski definition) is 2. The molecule has 1 fully saturated rings. The molecule has 15 heavy (non-hydrogen) atoms. The van der Waals surface area contributed by atoms with Crippen LogP contribution in [-0.4, -0.2) is 29.1 Å². The average molecular weight is 206 g/mol. The normalized spacial score (nSPS) is 20.5. The molecule has 0 amide bonds. The first kappa shape index (κ1) is 10.4. The van der Waals surface area contributed by atoms with Gasteiger partial charge in [-0.1, -0.05) is 0 Å². The standard InChI is InChI=1S/C11H18N4/c1-9-11(15-8-7-12-9)14-6-4-10-3-2-5-13-10/h7-8,10,13H,2-6H2,1H3,(H,14,15)/t10-/m0/s1. The van der Waals surface area contributed by atoms with Crippen LogP contribution >= 0.6 is 0 Å². The molecule has 4 nitrogen and oxygen atoms in total. The summed E-state index contributed by atoms with van der Waals surface area (Å²) in [6, 6.07) is 0.689. The minimum atomic E-state index is 0.689. The van der Waals surface area contributed by atoms with E-state index in [1.807, 2.05) is 6.92 Å². The van der Waals surface area contributed by atoms with Crippen LogP contribution in [0.1, 0.15) is 25.0 Å². The summed E-state index contributed by atoms with van der Waals surface area (Å²) in [6.45, 7) is 4.12. The minimum Gasteiger partial charge on any atom is -0.369 e. The molecule has 1 saturated heterocycles. The third kappa shape index (κ3) is 2.89. The van der Waals surface area contributed by atoms with Crippen LogP contribution in [0.5, 0.6) is 0 Å². The van der Waals surface area contributed by atoms with E-state index in [4.69, 9.17) is 0 Å². The van der Waals surface area contributed by atoms with Gasteiger partial charge >= 0.3 is 0 Å². The van der Waals surface area contributed by atoms with Crippen LogP contribution in [0.4, 0.5) is 5.82 Å². The summed E-state index contributed by atoms with van der Waals surface area (Å²) >= 11 is 0. The van der Waals surface area contributed by atoms with Gasteiger partial charge < -0.3 is 10.6 Å². The Bertz CT molecular complexity index is 307. The van der Waals surface area contributed by atoms with Gasteiger partial charge in [0.25, 0.3) is 0 Å². The third-order valence-electron chi connectivity index (χ3n) is 2.83. The zero-order valence-corrected chi connectivity index (χ0v) is 9.16. The van der Waals surface area contributed by atoms with E-state index in [1.54, 1.807) is 12.4 Å². The molecule has 1 atom stereocenters. The van der Waals surface area contributed by atoms with Crippen molar-refractivity contribution in [2.45, 2.75) is 32.2 Å². The van der Waals surface area contributed by atoms with E-state index < -0.39 is 0 Å². The van der Waals surface area contributed by atoms with E-state index in [1.165, 1.54) is 19.4 Å². The SMILES string of the molecule is Cc1nccnc1NCC[C@@H]1CCCN1. The lowest BCUT2D eigenvalue weighted by Crippen LogP contribution is -2.24. The lowest BCUT2D eigenvalue weighted by Gasteiger charge is -2.11. The van der Waals surface area contributed by atoms with Crippen molar-refractivity contribution in [3.05, 3.63) is 18.1 Å². The molecule has 0 spiro atoms. The smallest absolute Gasteiger partial charge is 0.147 e. The largest absolute Gasteiger partial charge is 0.369 e. The van der Waals surface area contributed by atoms with Crippen LogP contribution in [0.15, 0.2) is 12.4 Å². The van der Waals surface area contributed by atoms with Gasteiger partial charge in [-0.15, -0.1) is 0 Å². The molecule has 1 aromatic heterocycles. The highest BCUT2D eigenvalue weighted by atomic mass is 15.0. The summed E-state index contributed by atoms with van der Waals surface area (Å²) < 4.78 is 0. The van der Waals surface area contributed by atoms with Gasteiger partial charge in [0.05, 0.1) is 5.69 Å². The highest BCUT2D eigenvalue weighted by molar-refractivity contribution is 5.37. The number of anilines is 1. The van der Waals surface area contributed by atoms with Gasteiger partial charge in [0, 0.05) is 25.0 Å². The third-order valence-corrected chi connectivity index (χ3v) is 2.83. The summed E-state index contributed by atoms with van der Waals surface area (Å²) in [7, 11) is 0. The van der Waals surface area contributed by atoms with Gasteiger partial charge in [0.1, 0.15) is 5.82 Å². The molecule has 2 rings (SSSR count). The zero-order chi connectivity index (χ0) is 10.5. The molecule has 0 unspecified atom stereocenters. The monoisotopic (exact) mass is 206 g/mol.